The van der Waals surface area contributed by atoms with Crippen molar-refractivity contribution in [2.45, 2.75) is 84.0 Å². The molecule has 4 aliphatic rings. The Bertz CT molecular complexity index is 541. The number of aliphatic hydroxyl groups excluding tert-OH is 3. The highest BCUT2D eigenvalue weighted by Crippen LogP contribution is 2.67. The van der Waals surface area contributed by atoms with Gasteiger partial charge in [0.2, 0.25) is 0 Å². The minimum atomic E-state index is -0.290. The van der Waals surface area contributed by atoms with E-state index in [1.54, 1.807) is 0 Å². The Morgan fingerprint density at radius 1 is 1.12 bits per heavy atom. The van der Waals surface area contributed by atoms with E-state index >= 15 is 0 Å². The summed E-state index contributed by atoms with van der Waals surface area (Å²) in [6.07, 6.45) is 8.44. The molecule has 0 saturated heterocycles. The summed E-state index contributed by atoms with van der Waals surface area (Å²) in [5.41, 5.74) is 1.54. The van der Waals surface area contributed by atoms with Crippen LogP contribution in [0.15, 0.2) is 11.6 Å². The summed E-state index contributed by atoms with van der Waals surface area (Å²) in [4.78, 5) is 0. The number of hydrogen-bond acceptors (Lipinski definition) is 3. The Kier molecular flexibility index (Phi) is 3.95. The molecule has 0 bridgehead atoms. The van der Waals surface area contributed by atoms with E-state index in [4.69, 9.17) is 0 Å². The molecule has 0 amide bonds. The van der Waals surface area contributed by atoms with Crippen LogP contribution in [-0.2, 0) is 0 Å². The Balaban J connectivity index is 1.70. The van der Waals surface area contributed by atoms with Crippen molar-refractivity contribution >= 4 is 0 Å². The topological polar surface area (TPSA) is 60.7 Å². The molecule has 0 aromatic rings. The van der Waals surface area contributed by atoms with E-state index in [2.05, 4.69) is 19.9 Å². The van der Waals surface area contributed by atoms with Gasteiger partial charge in [-0.25, -0.2) is 0 Å². The van der Waals surface area contributed by atoms with Gasteiger partial charge in [-0.3, -0.25) is 0 Å². The van der Waals surface area contributed by atoms with Gasteiger partial charge in [-0.15, -0.1) is 0 Å². The molecular weight excluding hydrogens is 300 g/mol. The maximum atomic E-state index is 11.2. The van der Waals surface area contributed by atoms with Crippen molar-refractivity contribution < 1.29 is 15.3 Å². The Morgan fingerprint density at radius 3 is 2.58 bits per heavy atom. The third kappa shape index (κ3) is 2.20. The molecule has 9 atom stereocenters. The van der Waals surface area contributed by atoms with Crippen LogP contribution in [0.25, 0.3) is 0 Å². The molecule has 8 unspecified atom stereocenters. The first-order valence-electron chi connectivity index (χ1n) is 10.0. The largest absolute Gasteiger partial charge is 0.393 e. The highest BCUT2D eigenvalue weighted by molar-refractivity contribution is 5.26. The van der Waals surface area contributed by atoms with Gasteiger partial charge in [-0.05, 0) is 86.4 Å². The fourth-order valence-electron chi connectivity index (χ4n) is 7.67. The van der Waals surface area contributed by atoms with Gasteiger partial charge in [0.1, 0.15) is 0 Å². The molecule has 3 N–H and O–H groups in total. The maximum Gasteiger partial charge on any atom is 0.0724 e. The van der Waals surface area contributed by atoms with Crippen molar-refractivity contribution in [3.8, 4) is 0 Å². The van der Waals surface area contributed by atoms with E-state index in [1.807, 2.05) is 6.92 Å². The summed E-state index contributed by atoms with van der Waals surface area (Å²) >= 11 is 0. The highest BCUT2D eigenvalue weighted by atomic mass is 16.3. The molecular formula is C21H34O3. The lowest BCUT2D eigenvalue weighted by molar-refractivity contribution is -0.138. The molecule has 4 rings (SSSR count). The molecule has 4 aliphatic carbocycles. The van der Waals surface area contributed by atoms with Gasteiger partial charge < -0.3 is 15.3 Å². The predicted molar refractivity (Wildman–Crippen MR) is 94.3 cm³/mol. The van der Waals surface area contributed by atoms with Crippen LogP contribution in [0.5, 0.6) is 0 Å². The zero-order chi connectivity index (χ0) is 17.3. The van der Waals surface area contributed by atoms with Crippen LogP contribution in [0.1, 0.15) is 65.7 Å². The van der Waals surface area contributed by atoms with Crippen molar-refractivity contribution in [2.75, 3.05) is 0 Å². The summed E-state index contributed by atoms with van der Waals surface area (Å²) < 4.78 is 0. The van der Waals surface area contributed by atoms with Crippen LogP contribution in [0, 0.1) is 34.5 Å². The minimum absolute atomic E-state index is 0.0613. The van der Waals surface area contributed by atoms with Crippen molar-refractivity contribution in [1.82, 2.24) is 0 Å². The zero-order valence-electron chi connectivity index (χ0n) is 15.4. The zero-order valence-corrected chi connectivity index (χ0v) is 15.4. The second-order valence-electron chi connectivity index (χ2n) is 9.75. The van der Waals surface area contributed by atoms with Crippen molar-refractivity contribution in [3.63, 3.8) is 0 Å². The van der Waals surface area contributed by atoms with Gasteiger partial charge in [0.05, 0.1) is 18.3 Å². The van der Waals surface area contributed by atoms with Crippen molar-refractivity contribution in [3.05, 3.63) is 11.6 Å². The molecule has 3 fully saturated rings. The quantitative estimate of drug-likeness (QED) is 0.645. The van der Waals surface area contributed by atoms with Crippen LogP contribution in [0.3, 0.4) is 0 Å². The number of fused-ring (bicyclic) bond motifs is 5. The van der Waals surface area contributed by atoms with Crippen LogP contribution in [0.2, 0.25) is 0 Å². The molecule has 3 heteroatoms. The van der Waals surface area contributed by atoms with Gasteiger partial charge >= 0.3 is 0 Å². The summed E-state index contributed by atoms with van der Waals surface area (Å²) in [7, 11) is 0. The molecule has 0 spiro atoms. The van der Waals surface area contributed by atoms with Gasteiger partial charge in [-0.2, -0.15) is 0 Å². The average molecular weight is 335 g/mol. The molecule has 0 aliphatic heterocycles. The molecule has 3 nitrogen and oxygen atoms in total. The van der Waals surface area contributed by atoms with Crippen LogP contribution < -0.4 is 0 Å². The monoisotopic (exact) mass is 334 g/mol. The molecule has 0 aromatic carbocycles. The molecule has 136 valence electrons. The van der Waals surface area contributed by atoms with Crippen molar-refractivity contribution in [1.29, 1.82) is 0 Å². The predicted octanol–water partition coefficient (Wildman–Crippen LogP) is 3.28. The van der Waals surface area contributed by atoms with Gasteiger partial charge in [0.25, 0.3) is 0 Å². The van der Waals surface area contributed by atoms with Crippen LogP contribution in [0.4, 0.5) is 0 Å². The first kappa shape index (κ1) is 17.1. The summed E-state index contributed by atoms with van der Waals surface area (Å²) in [6.45, 7) is 6.61. The van der Waals surface area contributed by atoms with Crippen LogP contribution >= 0.6 is 0 Å². The summed E-state index contributed by atoms with van der Waals surface area (Å²) in [5.74, 6) is 1.86. The second kappa shape index (κ2) is 5.56. The molecule has 0 radical (unpaired) electrons. The third-order valence-electron chi connectivity index (χ3n) is 8.68. The first-order chi connectivity index (χ1) is 11.3. The Hall–Kier alpha value is -0.380. The van der Waals surface area contributed by atoms with E-state index in [9.17, 15) is 15.3 Å². The van der Waals surface area contributed by atoms with E-state index in [0.29, 0.717) is 23.7 Å². The standard InChI is InChI=1S/C21H34O3/c1-12(22)16-6-7-17-15-5-4-13-10-14(23)8-9-20(13,2)19(15)18(24)11-21(16,17)3/h10,12,14-19,22-24H,4-9,11H2,1-3H3/t12?,14?,15?,16?,17?,18?,19?,20-,21?/m0/s1. The molecule has 0 heterocycles. The van der Waals surface area contributed by atoms with Gasteiger partial charge in [0.15, 0.2) is 0 Å². The first-order valence-corrected chi connectivity index (χ1v) is 10.0. The fraction of sp³-hybridized carbons (Fsp3) is 0.905. The van der Waals surface area contributed by atoms with E-state index in [-0.39, 0.29) is 29.1 Å². The number of rotatable bonds is 1. The van der Waals surface area contributed by atoms with Gasteiger partial charge in [-0.1, -0.05) is 25.5 Å². The third-order valence-corrected chi connectivity index (χ3v) is 8.68. The smallest absolute Gasteiger partial charge is 0.0724 e. The minimum Gasteiger partial charge on any atom is -0.393 e. The molecule has 24 heavy (non-hydrogen) atoms. The average Bonchev–Trinajstić information content (AvgIpc) is 2.84. The summed E-state index contributed by atoms with van der Waals surface area (Å²) in [5, 5.41) is 31.5. The lowest BCUT2D eigenvalue weighted by Gasteiger charge is -2.60. The summed E-state index contributed by atoms with van der Waals surface area (Å²) in [6, 6.07) is 0. The lowest BCUT2D eigenvalue weighted by atomic mass is 9.45. The maximum absolute atomic E-state index is 11.2. The SMILES string of the molecule is CC(O)C1CCC2C3CCC4=CC(O)CC[C@]4(C)C3C(O)CC12C. The molecule has 0 aromatic heterocycles. The fourth-order valence-corrected chi connectivity index (χ4v) is 7.67. The van der Waals surface area contributed by atoms with E-state index in [0.717, 1.165) is 38.5 Å². The Morgan fingerprint density at radius 2 is 1.88 bits per heavy atom. The number of hydrogen-bond donors (Lipinski definition) is 3. The highest BCUT2D eigenvalue weighted by Gasteiger charge is 2.62. The van der Waals surface area contributed by atoms with E-state index < -0.39 is 0 Å². The van der Waals surface area contributed by atoms with Crippen LogP contribution in [-0.4, -0.2) is 33.6 Å². The van der Waals surface area contributed by atoms with Crippen molar-refractivity contribution in [2.24, 2.45) is 34.5 Å². The Labute approximate surface area is 146 Å². The molecule has 3 saturated carbocycles. The number of allylic oxidation sites excluding steroid dienone is 1. The number of aliphatic hydroxyl groups is 3. The van der Waals surface area contributed by atoms with Gasteiger partial charge in [0, 0.05) is 0 Å². The normalized spacial score (nSPS) is 55.2. The lowest BCUT2D eigenvalue weighted by Crippen LogP contribution is -2.57. The van der Waals surface area contributed by atoms with E-state index in [1.165, 1.54) is 12.0 Å². The second-order valence-corrected chi connectivity index (χ2v) is 9.75.